The molecule has 3 rings (SSSR count). The van der Waals surface area contributed by atoms with Crippen LogP contribution >= 0.6 is 0 Å². The number of nitrogens with one attached hydrogen (secondary N) is 2. The second-order valence-corrected chi connectivity index (χ2v) is 7.04. The maximum atomic E-state index is 6.01. The van der Waals surface area contributed by atoms with Crippen LogP contribution in [0.25, 0.3) is 0 Å². The lowest BCUT2D eigenvalue weighted by Crippen LogP contribution is -2.50. The second-order valence-electron chi connectivity index (χ2n) is 7.04. The van der Waals surface area contributed by atoms with Crippen molar-refractivity contribution in [1.29, 1.82) is 0 Å². The van der Waals surface area contributed by atoms with Crippen molar-refractivity contribution in [3.63, 3.8) is 0 Å². The molecule has 0 radical (unpaired) electrons. The number of nitrogens with two attached hydrogens (primary N) is 1. The topological polar surface area (TPSA) is 50.1 Å². The van der Waals surface area contributed by atoms with E-state index in [0.29, 0.717) is 6.04 Å². The van der Waals surface area contributed by atoms with Gasteiger partial charge in [0, 0.05) is 24.2 Å². The van der Waals surface area contributed by atoms with Gasteiger partial charge in [0.2, 0.25) is 0 Å². The molecule has 1 aliphatic heterocycles. The van der Waals surface area contributed by atoms with E-state index >= 15 is 0 Å². The van der Waals surface area contributed by atoms with Crippen LogP contribution in [-0.2, 0) is 0 Å². The van der Waals surface area contributed by atoms with Crippen molar-refractivity contribution >= 4 is 0 Å². The first-order valence-corrected chi connectivity index (χ1v) is 8.58. The molecule has 0 aromatic rings. The molecule has 3 nitrogen and oxygen atoms in total. The largest absolute Gasteiger partial charge is 0.328 e. The van der Waals surface area contributed by atoms with Gasteiger partial charge in [-0.2, -0.15) is 0 Å². The smallest absolute Gasteiger partial charge is 0.0113 e. The average Bonchev–Trinajstić information content (AvgIpc) is 2.90. The average molecular weight is 265 g/mol. The molecule has 4 N–H and O–H groups in total. The first kappa shape index (κ1) is 13.8. The van der Waals surface area contributed by atoms with Crippen molar-refractivity contribution in [2.75, 3.05) is 6.54 Å². The Morgan fingerprint density at radius 2 is 1.68 bits per heavy atom. The standard InChI is InChI=1S/C16H31N3/c17-12-7-9-13(10-8-12)19-16-6-3-4-14(16)15-5-1-2-11-18-15/h12-16,18-19H,1-11,17H2. The molecule has 0 aromatic carbocycles. The molecule has 0 spiro atoms. The minimum atomic E-state index is 0.470. The predicted octanol–water partition coefficient (Wildman–Crippen LogP) is 2.16. The Kier molecular flexibility index (Phi) is 4.78. The van der Waals surface area contributed by atoms with Gasteiger partial charge in [-0.25, -0.2) is 0 Å². The van der Waals surface area contributed by atoms with E-state index in [1.165, 1.54) is 70.8 Å². The summed E-state index contributed by atoms with van der Waals surface area (Å²) in [6.45, 7) is 1.24. The van der Waals surface area contributed by atoms with Crippen LogP contribution < -0.4 is 16.4 Å². The van der Waals surface area contributed by atoms with Gasteiger partial charge in [-0.1, -0.05) is 12.8 Å². The maximum Gasteiger partial charge on any atom is 0.0113 e. The minimum absolute atomic E-state index is 0.470. The van der Waals surface area contributed by atoms with E-state index in [1.54, 1.807) is 0 Å². The van der Waals surface area contributed by atoms with E-state index in [1.807, 2.05) is 0 Å². The second kappa shape index (κ2) is 6.55. The Hall–Kier alpha value is -0.120. The van der Waals surface area contributed by atoms with Crippen molar-refractivity contribution < 1.29 is 0 Å². The summed E-state index contributed by atoms with van der Waals surface area (Å²) in [6, 6.07) is 2.78. The molecular weight excluding hydrogens is 234 g/mol. The van der Waals surface area contributed by atoms with E-state index in [4.69, 9.17) is 5.73 Å². The third kappa shape index (κ3) is 3.50. The highest BCUT2D eigenvalue weighted by atomic mass is 15.0. The SMILES string of the molecule is NC1CCC(NC2CCCC2C2CCCCN2)CC1. The number of rotatable bonds is 3. The Labute approximate surface area is 118 Å². The van der Waals surface area contributed by atoms with Gasteiger partial charge in [-0.3, -0.25) is 0 Å². The summed E-state index contributed by atoms with van der Waals surface area (Å²) in [7, 11) is 0. The summed E-state index contributed by atoms with van der Waals surface area (Å²) in [5, 5.41) is 7.77. The Bertz CT molecular complexity index is 267. The van der Waals surface area contributed by atoms with Crippen LogP contribution in [0.5, 0.6) is 0 Å². The molecule has 2 saturated carbocycles. The summed E-state index contributed by atoms with van der Waals surface area (Å²) in [5.41, 5.74) is 6.01. The first-order valence-electron chi connectivity index (χ1n) is 8.58. The lowest BCUT2D eigenvalue weighted by molar-refractivity contribution is 0.228. The minimum Gasteiger partial charge on any atom is -0.328 e. The molecule has 2 aliphatic carbocycles. The molecule has 3 heteroatoms. The zero-order valence-corrected chi connectivity index (χ0v) is 12.2. The van der Waals surface area contributed by atoms with Gasteiger partial charge < -0.3 is 16.4 Å². The van der Waals surface area contributed by atoms with Gasteiger partial charge in [0.15, 0.2) is 0 Å². The molecular formula is C16H31N3. The number of hydrogen-bond acceptors (Lipinski definition) is 3. The molecule has 3 atom stereocenters. The Morgan fingerprint density at radius 1 is 0.842 bits per heavy atom. The molecule has 0 aromatic heterocycles. The zero-order chi connectivity index (χ0) is 13.1. The van der Waals surface area contributed by atoms with E-state index in [9.17, 15) is 0 Å². The van der Waals surface area contributed by atoms with Crippen LogP contribution in [0.15, 0.2) is 0 Å². The fraction of sp³-hybridized carbons (Fsp3) is 1.00. The Morgan fingerprint density at radius 3 is 2.42 bits per heavy atom. The maximum absolute atomic E-state index is 6.01. The third-order valence-electron chi connectivity index (χ3n) is 5.66. The van der Waals surface area contributed by atoms with Crippen LogP contribution in [0.1, 0.15) is 64.2 Å². The normalized spacial score (nSPS) is 44.4. The van der Waals surface area contributed by atoms with Gasteiger partial charge in [0.25, 0.3) is 0 Å². The van der Waals surface area contributed by atoms with Crippen LogP contribution in [-0.4, -0.2) is 30.7 Å². The van der Waals surface area contributed by atoms with E-state index in [-0.39, 0.29) is 0 Å². The third-order valence-corrected chi connectivity index (χ3v) is 5.66. The zero-order valence-electron chi connectivity index (χ0n) is 12.2. The summed E-state index contributed by atoms with van der Waals surface area (Å²) >= 11 is 0. The highest BCUT2D eigenvalue weighted by Crippen LogP contribution is 2.33. The Balaban J connectivity index is 1.51. The molecule has 0 amide bonds. The van der Waals surface area contributed by atoms with Crippen molar-refractivity contribution in [1.82, 2.24) is 10.6 Å². The molecule has 3 fully saturated rings. The molecule has 3 aliphatic rings. The van der Waals surface area contributed by atoms with Crippen molar-refractivity contribution in [3.05, 3.63) is 0 Å². The number of hydrogen-bond donors (Lipinski definition) is 3. The number of piperidine rings is 1. The van der Waals surface area contributed by atoms with Gasteiger partial charge in [-0.05, 0) is 63.8 Å². The molecule has 110 valence electrons. The van der Waals surface area contributed by atoms with Crippen LogP contribution in [0.2, 0.25) is 0 Å². The summed E-state index contributed by atoms with van der Waals surface area (Å²) in [5.74, 6) is 0.885. The lowest BCUT2D eigenvalue weighted by atomic mass is 9.86. The van der Waals surface area contributed by atoms with E-state index in [0.717, 1.165) is 24.0 Å². The monoisotopic (exact) mass is 265 g/mol. The summed E-state index contributed by atoms with van der Waals surface area (Å²) in [6.07, 6.45) is 13.5. The quantitative estimate of drug-likeness (QED) is 0.733. The van der Waals surface area contributed by atoms with Gasteiger partial charge in [-0.15, -0.1) is 0 Å². The molecule has 1 saturated heterocycles. The van der Waals surface area contributed by atoms with Crippen LogP contribution in [0, 0.1) is 5.92 Å². The van der Waals surface area contributed by atoms with Gasteiger partial charge >= 0.3 is 0 Å². The van der Waals surface area contributed by atoms with Crippen LogP contribution in [0.4, 0.5) is 0 Å². The van der Waals surface area contributed by atoms with Crippen molar-refractivity contribution in [3.8, 4) is 0 Å². The first-order chi connectivity index (χ1) is 9.33. The van der Waals surface area contributed by atoms with E-state index in [2.05, 4.69) is 10.6 Å². The van der Waals surface area contributed by atoms with E-state index < -0.39 is 0 Å². The summed E-state index contributed by atoms with van der Waals surface area (Å²) < 4.78 is 0. The molecule has 3 unspecified atom stereocenters. The molecule has 0 bridgehead atoms. The van der Waals surface area contributed by atoms with Crippen LogP contribution in [0.3, 0.4) is 0 Å². The van der Waals surface area contributed by atoms with Gasteiger partial charge in [0.05, 0.1) is 0 Å². The fourth-order valence-corrected chi connectivity index (χ4v) is 4.51. The highest BCUT2D eigenvalue weighted by molar-refractivity contribution is 4.94. The highest BCUT2D eigenvalue weighted by Gasteiger charge is 2.35. The molecule has 1 heterocycles. The molecule has 19 heavy (non-hydrogen) atoms. The predicted molar refractivity (Wildman–Crippen MR) is 80.1 cm³/mol. The fourth-order valence-electron chi connectivity index (χ4n) is 4.51. The lowest BCUT2D eigenvalue weighted by Gasteiger charge is -2.36. The summed E-state index contributed by atoms with van der Waals surface area (Å²) in [4.78, 5) is 0. The van der Waals surface area contributed by atoms with Crippen molar-refractivity contribution in [2.45, 2.75) is 88.4 Å². The van der Waals surface area contributed by atoms with Crippen molar-refractivity contribution in [2.24, 2.45) is 11.7 Å². The van der Waals surface area contributed by atoms with Gasteiger partial charge in [0.1, 0.15) is 0 Å².